The van der Waals surface area contributed by atoms with E-state index in [2.05, 4.69) is 36.4 Å². The molecule has 2 aromatic carbocycles. The van der Waals surface area contributed by atoms with Crippen molar-refractivity contribution in [3.05, 3.63) is 60.2 Å². The molecule has 0 heterocycles. The van der Waals surface area contributed by atoms with E-state index < -0.39 is 6.00 Å². The van der Waals surface area contributed by atoms with Crippen molar-refractivity contribution in [3.8, 4) is 11.1 Å². The van der Waals surface area contributed by atoms with E-state index in [4.69, 9.17) is 33.2 Å². The Bertz CT molecular complexity index is 506. The Morgan fingerprint density at radius 3 is 2.11 bits per heavy atom. The fraction of sp³-hybridized carbons (Fsp3) is 0.143. The summed E-state index contributed by atoms with van der Waals surface area (Å²) in [5.41, 5.74) is 3.64. The van der Waals surface area contributed by atoms with Crippen molar-refractivity contribution in [1.82, 2.24) is 0 Å². The predicted molar refractivity (Wildman–Crippen MR) is 83.7 cm³/mol. The van der Waals surface area contributed by atoms with Gasteiger partial charge in [0, 0.05) is 0 Å². The molecule has 0 nitrogen and oxygen atoms in total. The van der Waals surface area contributed by atoms with Crippen molar-refractivity contribution in [3.63, 3.8) is 0 Å². The molecule has 0 bridgehead atoms. The smallest absolute Gasteiger partial charge is 0.126 e. The normalized spacial score (nSPS) is 11.5. The number of benzene rings is 2. The van der Waals surface area contributed by atoms with Gasteiger partial charge < -0.3 is 0 Å². The standard InChI is InChI=1S/C14H13Cl3Si/c15-18(16,17)10-9-12-5-4-8-14(11-12)13-6-2-1-3-7-13/h1-8,11H,9-10H2. The molecule has 0 aromatic heterocycles. The molecule has 0 unspecified atom stereocenters. The number of halogens is 3. The lowest BCUT2D eigenvalue weighted by molar-refractivity contribution is 1.13. The molecule has 2 rings (SSSR count). The highest BCUT2D eigenvalue weighted by Gasteiger charge is 2.24. The summed E-state index contributed by atoms with van der Waals surface area (Å²) in [6.45, 7) is 0. The van der Waals surface area contributed by atoms with Crippen LogP contribution in [0.25, 0.3) is 11.1 Å². The Hall–Kier alpha value is -0.473. The van der Waals surface area contributed by atoms with Gasteiger partial charge in [0.15, 0.2) is 0 Å². The molecule has 0 spiro atoms. The maximum Gasteiger partial charge on any atom is 0.341 e. The first-order valence-corrected chi connectivity index (χ1v) is 11.0. The third-order valence-electron chi connectivity index (χ3n) is 2.73. The quantitative estimate of drug-likeness (QED) is 0.512. The van der Waals surface area contributed by atoms with Gasteiger partial charge in [-0.1, -0.05) is 54.6 Å². The summed E-state index contributed by atoms with van der Waals surface area (Å²) in [5, 5.41) is 0. The topological polar surface area (TPSA) is 0 Å². The first kappa shape index (κ1) is 13.9. The molecular formula is C14H13Cl3Si. The van der Waals surface area contributed by atoms with E-state index in [0.29, 0.717) is 6.04 Å². The molecule has 0 atom stereocenters. The number of hydrogen-bond donors (Lipinski definition) is 0. The van der Waals surface area contributed by atoms with Gasteiger partial charge in [0.05, 0.1) is 0 Å². The van der Waals surface area contributed by atoms with Gasteiger partial charge in [-0.3, -0.25) is 0 Å². The summed E-state index contributed by atoms with van der Waals surface area (Å²) in [7, 11) is 0. The van der Waals surface area contributed by atoms with E-state index in [1.807, 2.05) is 18.2 Å². The largest absolute Gasteiger partial charge is 0.341 e. The summed E-state index contributed by atoms with van der Waals surface area (Å²) in [6, 6.07) is 16.8. The Morgan fingerprint density at radius 1 is 0.778 bits per heavy atom. The van der Waals surface area contributed by atoms with Crippen LogP contribution in [-0.2, 0) is 6.42 Å². The lowest BCUT2D eigenvalue weighted by Gasteiger charge is -2.09. The van der Waals surface area contributed by atoms with Gasteiger partial charge in [0.25, 0.3) is 0 Å². The SMILES string of the molecule is Cl[Si](Cl)(Cl)CCc1cccc(-c2ccccc2)c1. The highest BCUT2D eigenvalue weighted by molar-refractivity contribution is 7.64. The second-order valence-corrected chi connectivity index (χ2v) is 13.5. The van der Waals surface area contributed by atoms with Crippen LogP contribution in [0, 0.1) is 0 Å². The molecule has 18 heavy (non-hydrogen) atoms. The number of rotatable bonds is 4. The van der Waals surface area contributed by atoms with Crippen LogP contribution in [0.3, 0.4) is 0 Å². The van der Waals surface area contributed by atoms with Crippen LogP contribution in [0.2, 0.25) is 6.04 Å². The highest BCUT2D eigenvalue weighted by Crippen LogP contribution is 2.28. The van der Waals surface area contributed by atoms with Crippen LogP contribution in [0.15, 0.2) is 54.6 Å². The van der Waals surface area contributed by atoms with Gasteiger partial charge in [0.1, 0.15) is 0 Å². The zero-order valence-electron chi connectivity index (χ0n) is 9.74. The molecule has 0 saturated heterocycles. The van der Waals surface area contributed by atoms with Crippen molar-refractivity contribution in [2.24, 2.45) is 0 Å². The molecule has 0 fully saturated rings. The lowest BCUT2D eigenvalue weighted by atomic mass is 10.0. The monoisotopic (exact) mass is 314 g/mol. The first-order chi connectivity index (χ1) is 8.54. The zero-order chi connectivity index (χ0) is 13.0. The molecular weight excluding hydrogens is 303 g/mol. The second-order valence-electron chi connectivity index (χ2n) is 4.18. The number of aryl methyl sites for hydroxylation is 1. The van der Waals surface area contributed by atoms with Crippen molar-refractivity contribution in [1.29, 1.82) is 0 Å². The van der Waals surface area contributed by atoms with E-state index in [0.717, 1.165) is 6.42 Å². The molecule has 0 N–H and O–H groups in total. The van der Waals surface area contributed by atoms with Crippen LogP contribution in [0.4, 0.5) is 0 Å². The third-order valence-corrected chi connectivity index (χ3v) is 5.25. The molecule has 0 amide bonds. The Labute approximate surface area is 123 Å². The summed E-state index contributed by atoms with van der Waals surface area (Å²) >= 11 is 17.7. The summed E-state index contributed by atoms with van der Waals surface area (Å²) < 4.78 is 0. The van der Waals surface area contributed by atoms with Gasteiger partial charge in [-0.15, -0.1) is 33.2 Å². The third kappa shape index (κ3) is 4.32. The van der Waals surface area contributed by atoms with Gasteiger partial charge >= 0.3 is 6.00 Å². The van der Waals surface area contributed by atoms with Gasteiger partial charge in [-0.2, -0.15) is 0 Å². The van der Waals surface area contributed by atoms with Crippen molar-refractivity contribution >= 4 is 39.2 Å². The van der Waals surface area contributed by atoms with Crippen LogP contribution >= 0.6 is 33.2 Å². The Morgan fingerprint density at radius 2 is 1.44 bits per heavy atom. The zero-order valence-corrected chi connectivity index (χ0v) is 13.0. The molecule has 0 aliphatic heterocycles. The minimum absolute atomic E-state index is 0.663. The minimum Gasteiger partial charge on any atom is -0.126 e. The molecule has 0 radical (unpaired) electrons. The Kier molecular flexibility index (Phi) is 4.74. The minimum atomic E-state index is -2.52. The molecule has 0 aliphatic carbocycles. The average Bonchev–Trinajstić information content (AvgIpc) is 2.37. The van der Waals surface area contributed by atoms with Crippen molar-refractivity contribution < 1.29 is 0 Å². The fourth-order valence-electron chi connectivity index (χ4n) is 1.82. The Balaban J connectivity index is 2.16. The molecule has 4 heteroatoms. The highest BCUT2D eigenvalue weighted by atomic mass is 35.8. The van der Waals surface area contributed by atoms with Gasteiger partial charge in [-0.25, -0.2) is 0 Å². The molecule has 0 saturated carbocycles. The van der Waals surface area contributed by atoms with Crippen molar-refractivity contribution in [2.45, 2.75) is 12.5 Å². The van der Waals surface area contributed by atoms with E-state index in [-0.39, 0.29) is 0 Å². The molecule has 0 aliphatic rings. The van der Waals surface area contributed by atoms with E-state index >= 15 is 0 Å². The predicted octanol–water partition coefficient (Wildman–Crippen LogP) is 5.55. The molecule has 94 valence electrons. The van der Waals surface area contributed by atoms with Crippen LogP contribution in [0.5, 0.6) is 0 Å². The average molecular weight is 316 g/mol. The fourth-order valence-corrected chi connectivity index (χ4v) is 3.25. The van der Waals surface area contributed by atoms with E-state index in [1.165, 1.54) is 16.7 Å². The van der Waals surface area contributed by atoms with Crippen LogP contribution < -0.4 is 0 Å². The van der Waals surface area contributed by atoms with Gasteiger partial charge in [-0.05, 0) is 29.2 Å². The van der Waals surface area contributed by atoms with Crippen LogP contribution in [-0.4, -0.2) is 6.00 Å². The van der Waals surface area contributed by atoms with E-state index in [1.54, 1.807) is 0 Å². The first-order valence-electron chi connectivity index (χ1n) is 5.76. The second kappa shape index (κ2) is 6.11. The summed E-state index contributed by atoms with van der Waals surface area (Å²) in [6.07, 6.45) is 0.823. The lowest BCUT2D eigenvalue weighted by Crippen LogP contribution is -2.09. The maximum absolute atomic E-state index is 5.91. The summed E-state index contributed by atoms with van der Waals surface area (Å²) in [5.74, 6) is 0. The van der Waals surface area contributed by atoms with Crippen molar-refractivity contribution in [2.75, 3.05) is 0 Å². The number of hydrogen-bond acceptors (Lipinski definition) is 0. The van der Waals surface area contributed by atoms with Crippen LogP contribution in [0.1, 0.15) is 5.56 Å². The van der Waals surface area contributed by atoms with Gasteiger partial charge in [0.2, 0.25) is 0 Å². The van der Waals surface area contributed by atoms with E-state index in [9.17, 15) is 0 Å². The maximum atomic E-state index is 5.91. The summed E-state index contributed by atoms with van der Waals surface area (Å²) in [4.78, 5) is 0. The molecule has 2 aromatic rings.